The Bertz CT molecular complexity index is 959. The summed E-state index contributed by atoms with van der Waals surface area (Å²) in [6.45, 7) is 1.47. The third-order valence-electron chi connectivity index (χ3n) is 3.47. The number of amides is 1. The molecule has 0 fully saturated rings. The fourth-order valence-electron chi connectivity index (χ4n) is 2.15. The first-order chi connectivity index (χ1) is 12.9. The molecule has 0 spiro atoms. The van der Waals surface area contributed by atoms with Crippen LogP contribution in [0.15, 0.2) is 52.1 Å². The highest BCUT2D eigenvalue weighted by atomic mass is 35.5. The van der Waals surface area contributed by atoms with E-state index >= 15 is 0 Å². The van der Waals surface area contributed by atoms with Gasteiger partial charge in [-0.25, -0.2) is 4.98 Å². The van der Waals surface area contributed by atoms with Gasteiger partial charge in [0.15, 0.2) is 11.7 Å². The minimum absolute atomic E-state index is 0.0393. The Balaban J connectivity index is 1.52. The van der Waals surface area contributed by atoms with E-state index in [4.69, 9.17) is 32.4 Å². The van der Waals surface area contributed by atoms with Crippen LogP contribution in [0.1, 0.15) is 6.92 Å². The minimum Gasteiger partial charge on any atom is -0.452 e. The van der Waals surface area contributed by atoms with Crippen molar-refractivity contribution in [3.05, 3.63) is 52.5 Å². The zero-order valence-electron chi connectivity index (χ0n) is 14.1. The first-order valence-electron chi connectivity index (χ1n) is 7.87. The topological polar surface area (TPSA) is 81.4 Å². The zero-order valence-corrected chi connectivity index (χ0v) is 16.4. The number of carbonyl (C=O) groups excluding carboxylic acids is 2. The van der Waals surface area contributed by atoms with Gasteiger partial charge in [0, 0.05) is 0 Å². The molecule has 1 aromatic heterocycles. The van der Waals surface area contributed by atoms with E-state index in [1.165, 1.54) is 6.92 Å². The van der Waals surface area contributed by atoms with E-state index in [2.05, 4.69) is 10.3 Å². The molecule has 1 atom stereocenters. The fraction of sp³-hybridized carbons (Fsp3) is 0.167. The maximum absolute atomic E-state index is 12.2. The van der Waals surface area contributed by atoms with E-state index in [1.54, 1.807) is 24.3 Å². The summed E-state index contributed by atoms with van der Waals surface area (Å²) in [4.78, 5) is 28.4. The third-order valence-corrected chi connectivity index (χ3v) is 5.10. The molecule has 2 aromatic carbocycles. The number of nitrogens with zero attached hydrogens (tertiary/aromatic N) is 1. The van der Waals surface area contributed by atoms with E-state index in [0.717, 1.165) is 11.8 Å². The van der Waals surface area contributed by atoms with Crippen LogP contribution in [0.3, 0.4) is 0 Å². The number of carbonyl (C=O) groups is 2. The SMILES string of the molecule is CC(OC(=O)CSc1nc2ccccc2o1)C(=O)Nc1cccc(Cl)c1Cl. The normalized spacial score (nSPS) is 12.0. The number of para-hydroxylation sites is 2. The summed E-state index contributed by atoms with van der Waals surface area (Å²) >= 11 is 13.0. The number of thioether (sulfide) groups is 1. The summed E-state index contributed by atoms with van der Waals surface area (Å²) in [6.07, 6.45) is -1.00. The molecule has 3 aromatic rings. The molecule has 0 saturated heterocycles. The van der Waals surface area contributed by atoms with Crippen molar-refractivity contribution in [2.24, 2.45) is 0 Å². The molecule has 3 rings (SSSR count). The van der Waals surface area contributed by atoms with Gasteiger partial charge in [-0.05, 0) is 31.2 Å². The number of ether oxygens (including phenoxy) is 1. The Labute approximate surface area is 169 Å². The largest absolute Gasteiger partial charge is 0.452 e. The van der Waals surface area contributed by atoms with Crippen LogP contribution >= 0.6 is 35.0 Å². The number of hydrogen-bond donors (Lipinski definition) is 1. The zero-order chi connectivity index (χ0) is 19.4. The predicted octanol–water partition coefficient (Wildman–Crippen LogP) is 4.80. The Morgan fingerprint density at radius 3 is 2.78 bits per heavy atom. The van der Waals surface area contributed by atoms with Crippen molar-refractivity contribution in [3.63, 3.8) is 0 Å². The third kappa shape index (κ3) is 4.94. The van der Waals surface area contributed by atoms with E-state index < -0.39 is 18.0 Å². The maximum atomic E-state index is 12.2. The molecular formula is C18H14Cl2N2O4S. The number of nitrogens with one attached hydrogen (secondary N) is 1. The maximum Gasteiger partial charge on any atom is 0.317 e. The summed E-state index contributed by atoms with van der Waals surface area (Å²) < 4.78 is 10.6. The van der Waals surface area contributed by atoms with Gasteiger partial charge in [-0.15, -0.1) is 0 Å². The molecule has 1 unspecified atom stereocenters. The van der Waals surface area contributed by atoms with Gasteiger partial charge in [-0.1, -0.05) is 53.2 Å². The van der Waals surface area contributed by atoms with Crippen LogP contribution in [0.2, 0.25) is 10.0 Å². The van der Waals surface area contributed by atoms with Crippen molar-refractivity contribution in [2.45, 2.75) is 18.3 Å². The molecule has 0 aliphatic rings. The number of anilines is 1. The van der Waals surface area contributed by atoms with Crippen molar-refractivity contribution in [1.82, 2.24) is 4.98 Å². The smallest absolute Gasteiger partial charge is 0.317 e. The van der Waals surface area contributed by atoms with Crippen LogP contribution in [0.25, 0.3) is 11.1 Å². The molecular weight excluding hydrogens is 411 g/mol. The van der Waals surface area contributed by atoms with Crippen molar-refractivity contribution in [2.75, 3.05) is 11.1 Å². The molecule has 0 radical (unpaired) electrons. The minimum atomic E-state index is -1.00. The molecule has 1 N–H and O–H groups in total. The number of fused-ring (bicyclic) bond motifs is 1. The standard InChI is InChI=1S/C18H14Cl2N2O4S/c1-10(17(24)21-13-7-4-5-11(19)16(13)20)25-15(23)9-27-18-22-12-6-2-3-8-14(12)26-18/h2-8,10H,9H2,1H3,(H,21,24). The molecule has 0 aliphatic carbocycles. The molecule has 0 bridgehead atoms. The van der Waals surface area contributed by atoms with E-state index in [9.17, 15) is 9.59 Å². The number of aromatic nitrogens is 1. The molecule has 1 heterocycles. The lowest BCUT2D eigenvalue weighted by molar-refractivity contribution is -0.150. The van der Waals surface area contributed by atoms with Crippen molar-refractivity contribution in [3.8, 4) is 0 Å². The van der Waals surface area contributed by atoms with Gasteiger partial charge >= 0.3 is 5.97 Å². The van der Waals surface area contributed by atoms with Gasteiger partial charge in [-0.2, -0.15) is 0 Å². The Morgan fingerprint density at radius 1 is 1.22 bits per heavy atom. The lowest BCUT2D eigenvalue weighted by Gasteiger charge is -2.14. The Morgan fingerprint density at radius 2 is 2.00 bits per heavy atom. The molecule has 0 saturated carbocycles. The number of esters is 1. The number of benzene rings is 2. The van der Waals surface area contributed by atoms with E-state index in [0.29, 0.717) is 27.0 Å². The van der Waals surface area contributed by atoms with Crippen molar-refractivity contribution in [1.29, 1.82) is 0 Å². The van der Waals surface area contributed by atoms with Crippen LogP contribution in [0.4, 0.5) is 5.69 Å². The number of halogens is 2. The molecule has 27 heavy (non-hydrogen) atoms. The molecule has 9 heteroatoms. The monoisotopic (exact) mass is 424 g/mol. The van der Waals surface area contributed by atoms with Crippen LogP contribution in [0, 0.1) is 0 Å². The second kappa shape index (κ2) is 8.65. The number of hydrogen-bond acceptors (Lipinski definition) is 6. The first-order valence-corrected chi connectivity index (χ1v) is 9.61. The van der Waals surface area contributed by atoms with E-state index in [-0.39, 0.29) is 10.8 Å². The molecule has 6 nitrogen and oxygen atoms in total. The van der Waals surface area contributed by atoms with Gasteiger partial charge in [-0.3, -0.25) is 9.59 Å². The second-order valence-electron chi connectivity index (χ2n) is 5.46. The molecule has 1 amide bonds. The summed E-state index contributed by atoms with van der Waals surface area (Å²) in [6, 6.07) is 12.1. The molecule has 140 valence electrons. The number of oxazole rings is 1. The highest BCUT2D eigenvalue weighted by molar-refractivity contribution is 7.99. The predicted molar refractivity (Wildman–Crippen MR) is 105 cm³/mol. The highest BCUT2D eigenvalue weighted by Gasteiger charge is 2.20. The average molecular weight is 425 g/mol. The lowest BCUT2D eigenvalue weighted by Crippen LogP contribution is -2.30. The summed E-state index contributed by atoms with van der Waals surface area (Å²) in [5, 5.41) is 3.47. The van der Waals surface area contributed by atoms with Gasteiger partial charge < -0.3 is 14.5 Å². The summed E-state index contributed by atoms with van der Waals surface area (Å²) in [5.74, 6) is -1.12. The van der Waals surface area contributed by atoms with Crippen LogP contribution in [0.5, 0.6) is 0 Å². The average Bonchev–Trinajstić information content (AvgIpc) is 3.06. The van der Waals surface area contributed by atoms with Crippen molar-refractivity contribution < 1.29 is 18.7 Å². The van der Waals surface area contributed by atoms with Crippen LogP contribution < -0.4 is 5.32 Å². The quantitative estimate of drug-likeness (QED) is 0.452. The second-order valence-corrected chi connectivity index (χ2v) is 7.17. The first kappa shape index (κ1) is 19.5. The van der Waals surface area contributed by atoms with Gasteiger partial charge in [0.05, 0.1) is 15.7 Å². The van der Waals surface area contributed by atoms with Gasteiger partial charge in [0.2, 0.25) is 0 Å². The van der Waals surface area contributed by atoms with Gasteiger partial charge in [0.25, 0.3) is 11.1 Å². The Kier molecular flexibility index (Phi) is 6.26. The fourth-order valence-corrected chi connectivity index (χ4v) is 3.12. The number of rotatable bonds is 6. The Hall–Kier alpha value is -2.22. The van der Waals surface area contributed by atoms with E-state index in [1.807, 2.05) is 18.2 Å². The lowest BCUT2D eigenvalue weighted by atomic mass is 10.3. The van der Waals surface area contributed by atoms with Crippen molar-refractivity contribution >= 4 is 63.6 Å². The molecule has 0 aliphatic heterocycles. The summed E-state index contributed by atoms with van der Waals surface area (Å²) in [5.41, 5.74) is 1.69. The van der Waals surface area contributed by atoms with Crippen LogP contribution in [-0.2, 0) is 14.3 Å². The summed E-state index contributed by atoms with van der Waals surface area (Å²) in [7, 11) is 0. The highest BCUT2D eigenvalue weighted by Crippen LogP contribution is 2.29. The van der Waals surface area contributed by atoms with Crippen LogP contribution in [-0.4, -0.2) is 28.7 Å². The van der Waals surface area contributed by atoms with Gasteiger partial charge in [0.1, 0.15) is 11.3 Å².